The quantitative estimate of drug-likeness (QED) is 0.489. The van der Waals surface area contributed by atoms with E-state index in [2.05, 4.69) is 17.4 Å². The minimum atomic E-state index is -0.325. The van der Waals surface area contributed by atoms with Crippen LogP contribution in [0.5, 0.6) is 5.75 Å². The lowest BCUT2D eigenvalue weighted by molar-refractivity contribution is 0.0978. The number of hydrogen-bond donors (Lipinski definition) is 2. The zero-order valence-corrected chi connectivity index (χ0v) is 17.0. The van der Waals surface area contributed by atoms with Crippen LogP contribution in [0.4, 0.5) is 4.39 Å². The predicted molar refractivity (Wildman–Crippen MR) is 112 cm³/mol. The van der Waals surface area contributed by atoms with Crippen molar-refractivity contribution >= 4 is 5.78 Å². The summed E-state index contributed by atoms with van der Waals surface area (Å²) >= 11 is 0. The van der Waals surface area contributed by atoms with Crippen LogP contribution < -0.4 is 10.1 Å². The first-order chi connectivity index (χ1) is 14.1. The van der Waals surface area contributed by atoms with Crippen molar-refractivity contribution in [2.24, 2.45) is 0 Å². The maximum Gasteiger partial charge on any atom is 0.162 e. The Kier molecular flexibility index (Phi) is 7.40. The second-order valence-corrected chi connectivity index (χ2v) is 7.93. The second kappa shape index (κ2) is 9.99. The first-order valence-corrected chi connectivity index (χ1v) is 10.3. The molecule has 0 aliphatic heterocycles. The van der Waals surface area contributed by atoms with E-state index in [1.54, 1.807) is 19.2 Å². The molecule has 0 bridgehead atoms. The van der Waals surface area contributed by atoms with Gasteiger partial charge in [-0.05, 0) is 80.6 Å². The van der Waals surface area contributed by atoms with Gasteiger partial charge >= 0.3 is 0 Å². The number of carbonyl (C=O) groups is 1. The number of ether oxygens (including phenoxy) is 1. The minimum Gasteiger partial charge on any atom is -0.497 e. The Labute approximate surface area is 172 Å². The molecule has 2 aromatic carbocycles. The molecule has 4 nitrogen and oxygen atoms in total. The molecule has 2 N–H and O–H groups in total. The van der Waals surface area contributed by atoms with Gasteiger partial charge in [-0.2, -0.15) is 0 Å². The summed E-state index contributed by atoms with van der Waals surface area (Å²) in [6, 6.07) is 14.2. The molecule has 0 radical (unpaired) electrons. The van der Waals surface area contributed by atoms with E-state index in [9.17, 15) is 14.3 Å². The van der Waals surface area contributed by atoms with Gasteiger partial charge in [-0.25, -0.2) is 4.39 Å². The second-order valence-electron chi connectivity index (χ2n) is 7.93. The molecule has 5 heteroatoms. The van der Waals surface area contributed by atoms with E-state index in [1.165, 1.54) is 17.7 Å². The number of nitrogens with one attached hydrogen (secondary N) is 1. The van der Waals surface area contributed by atoms with Gasteiger partial charge in [0.25, 0.3) is 0 Å². The van der Waals surface area contributed by atoms with Crippen molar-refractivity contribution in [2.75, 3.05) is 20.3 Å². The van der Waals surface area contributed by atoms with Gasteiger partial charge in [0, 0.05) is 23.4 Å². The molecule has 156 valence electrons. The van der Waals surface area contributed by atoms with E-state index in [-0.39, 0.29) is 23.6 Å². The third kappa shape index (κ3) is 5.43. The number of Topliss-reactive ketones (excluding diaryl/α,β-unsaturated/α-hetero) is 1. The number of aliphatic hydroxyl groups is 1. The fourth-order valence-electron chi connectivity index (χ4n) is 4.19. The Balaban J connectivity index is 1.43. The molecule has 1 aliphatic carbocycles. The van der Waals surface area contributed by atoms with Crippen molar-refractivity contribution in [1.82, 2.24) is 5.32 Å². The predicted octanol–water partition coefficient (Wildman–Crippen LogP) is 4.26. The highest BCUT2D eigenvalue weighted by Crippen LogP contribution is 2.39. The van der Waals surface area contributed by atoms with Crippen LogP contribution in [0.2, 0.25) is 0 Å². The fraction of sp³-hybridized carbons (Fsp3) is 0.458. The van der Waals surface area contributed by atoms with E-state index in [1.807, 2.05) is 12.1 Å². The summed E-state index contributed by atoms with van der Waals surface area (Å²) in [6.45, 7) is 0.935. The van der Waals surface area contributed by atoms with E-state index in [0.717, 1.165) is 44.4 Å². The maximum absolute atomic E-state index is 12.9. The Hall–Kier alpha value is -2.24. The summed E-state index contributed by atoms with van der Waals surface area (Å²) in [5.41, 5.74) is 1.56. The van der Waals surface area contributed by atoms with Crippen LogP contribution in [-0.2, 0) is 5.41 Å². The van der Waals surface area contributed by atoms with Crippen LogP contribution in [-0.4, -0.2) is 37.2 Å². The Bertz CT molecular complexity index is 781. The van der Waals surface area contributed by atoms with Crippen molar-refractivity contribution in [3.63, 3.8) is 0 Å². The van der Waals surface area contributed by atoms with Gasteiger partial charge in [0.1, 0.15) is 11.6 Å². The van der Waals surface area contributed by atoms with Gasteiger partial charge in [-0.15, -0.1) is 0 Å². The molecule has 1 saturated carbocycles. The van der Waals surface area contributed by atoms with Gasteiger partial charge in [0.15, 0.2) is 5.78 Å². The zero-order chi connectivity index (χ0) is 20.7. The number of hydrogen-bond acceptors (Lipinski definition) is 4. The molecular formula is C24H30FNO3. The number of aliphatic hydroxyl groups excluding tert-OH is 1. The van der Waals surface area contributed by atoms with E-state index in [4.69, 9.17) is 4.74 Å². The highest BCUT2D eigenvalue weighted by molar-refractivity contribution is 5.95. The van der Waals surface area contributed by atoms with Crippen molar-refractivity contribution < 1.29 is 19.0 Å². The largest absolute Gasteiger partial charge is 0.497 e. The lowest BCUT2D eigenvalue weighted by Crippen LogP contribution is -2.42. The number of ketones is 1. The molecule has 0 heterocycles. The lowest BCUT2D eigenvalue weighted by atomic mass is 9.68. The molecule has 1 fully saturated rings. The van der Waals surface area contributed by atoms with Gasteiger partial charge in [-0.1, -0.05) is 12.1 Å². The van der Waals surface area contributed by atoms with Crippen LogP contribution in [0.1, 0.15) is 54.4 Å². The molecule has 29 heavy (non-hydrogen) atoms. The number of methoxy groups -OCH3 is 1. The summed E-state index contributed by atoms with van der Waals surface area (Å²) in [6.07, 6.45) is 5.08. The number of rotatable bonds is 9. The smallest absolute Gasteiger partial charge is 0.162 e. The van der Waals surface area contributed by atoms with Crippen LogP contribution in [0.15, 0.2) is 48.5 Å². The Morgan fingerprint density at radius 1 is 1.14 bits per heavy atom. The van der Waals surface area contributed by atoms with Crippen molar-refractivity contribution in [3.05, 3.63) is 65.5 Å². The van der Waals surface area contributed by atoms with Crippen molar-refractivity contribution in [2.45, 2.75) is 50.0 Å². The van der Waals surface area contributed by atoms with E-state index >= 15 is 0 Å². The molecule has 3 rings (SSSR count). The summed E-state index contributed by atoms with van der Waals surface area (Å²) in [4.78, 5) is 12.1. The number of benzene rings is 2. The highest BCUT2D eigenvalue weighted by Gasteiger charge is 2.36. The highest BCUT2D eigenvalue weighted by atomic mass is 19.1. The molecule has 0 spiro atoms. The summed E-state index contributed by atoms with van der Waals surface area (Å²) < 4.78 is 18.2. The molecule has 0 saturated heterocycles. The van der Waals surface area contributed by atoms with Gasteiger partial charge in [0.05, 0.1) is 13.7 Å². The summed E-state index contributed by atoms with van der Waals surface area (Å²) in [7, 11) is 1.65. The van der Waals surface area contributed by atoms with Crippen LogP contribution in [0, 0.1) is 5.82 Å². The molecular weight excluding hydrogens is 369 g/mol. The Morgan fingerprint density at radius 2 is 1.79 bits per heavy atom. The van der Waals surface area contributed by atoms with E-state index in [0.29, 0.717) is 18.0 Å². The maximum atomic E-state index is 12.9. The van der Waals surface area contributed by atoms with Crippen LogP contribution in [0.3, 0.4) is 0 Å². The summed E-state index contributed by atoms with van der Waals surface area (Å²) in [5, 5.41) is 13.7. The topological polar surface area (TPSA) is 58.6 Å². The summed E-state index contributed by atoms with van der Waals surface area (Å²) in [5.74, 6) is 0.552. The lowest BCUT2D eigenvalue weighted by Gasteiger charge is -2.39. The SMILES string of the molecule is COc1ccc(C2(CO)CCC(NCCCC(=O)c3ccc(F)cc3)CC2)cc1. The molecule has 1 aliphatic rings. The van der Waals surface area contributed by atoms with Crippen molar-refractivity contribution in [3.8, 4) is 5.75 Å². The Morgan fingerprint density at radius 3 is 2.38 bits per heavy atom. The molecule has 0 unspecified atom stereocenters. The molecule has 0 amide bonds. The number of halogens is 1. The third-order valence-electron chi connectivity index (χ3n) is 6.13. The molecule has 2 aromatic rings. The average molecular weight is 400 g/mol. The normalized spacial score (nSPS) is 21.7. The van der Waals surface area contributed by atoms with E-state index < -0.39 is 0 Å². The standard InChI is InChI=1S/C24H30FNO3/c1-29-22-10-6-19(7-11-22)24(17-27)14-12-21(13-15-24)26-16-2-3-23(28)18-4-8-20(25)9-5-18/h4-11,21,26-27H,2-3,12-17H2,1H3. The molecule has 0 aromatic heterocycles. The zero-order valence-electron chi connectivity index (χ0n) is 17.0. The van der Waals surface area contributed by atoms with Crippen LogP contribution in [0.25, 0.3) is 0 Å². The molecule has 0 atom stereocenters. The monoisotopic (exact) mass is 399 g/mol. The fourth-order valence-corrected chi connectivity index (χ4v) is 4.19. The van der Waals surface area contributed by atoms with Gasteiger partial charge < -0.3 is 15.2 Å². The third-order valence-corrected chi connectivity index (χ3v) is 6.13. The van der Waals surface area contributed by atoms with Gasteiger partial charge in [-0.3, -0.25) is 4.79 Å². The van der Waals surface area contributed by atoms with Crippen LogP contribution >= 0.6 is 0 Å². The first-order valence-electron chi connectivity index (χ1n) is 10.3. The minimum absolute atomic E-state index is 0.0502. The van der Waals surface area contributed by atoms with Gasteiger partial charge in [0.2, 0.25) is 0 Å². The van der Waals surface area contributed by atoms with Crippen molar-refractivity contribution in [1.29, 1.82) is 0 Å². The average Bonchev–Trinajstić information content (AvgIpc) is 2.77. The first kappa shape index (κ1) is 21.5. The number of carbonyl (C=O) groups excluding carboxylic acids is 1.